The Morgan fingerprint density at radius 3 is 0.793 bits per heavy atom. The van der Waals surface area contributed by atoms with Crippen LogP contribution < -0.4 is 61.5 Å². The van der Waals surface area contributed by atoms with Crippen molar-refractivity contribution in [2.24, 2.45) is 0 Å². The van der Waals surface area contributed by atoms with Crippen molar-refractivity contribution in [3.63, 3.8) is 0 Å². The number of para-hydroxylation sites is 2. The lowest BCUT2D eigenvalue weighted by Crippen LogP contribution is -2.61. The highest BCUT2D eigenvalue weighted by Gasteiger charge is 2.50. The van der Waals surface area contributed by atoms with Crippen LogP contribution in [0.5, 0.6) is 46.0 Å². The van der Waals surface area contributed by atoms with Crippen LogP contribution in [0, 0.1) is 0 Å². The molecule has 0 atom stereocenters. The zero-order valence-corrected chi connectivity index (χ0v) is 48.8. The van der Waals surface area contributed by atoms with E-state index in [-0.39, 0.29) is 13.4 Å². The third-order valence-corrected chi connectivity index (χ3v) is 18.4. The molecule has 0 unspecified atom stereocenters. The largest absolute Gasteiger partial charge is 0.458 e. The van der Waals surface area contributed by atoms with Gasteiger partial charge < -0.3 is 28.7 Å². The van der Waals surface area contributed by atoms with E-state index in [4.69, 9.17) is 48.9 Å². The van der Waals surface area contributed by atoms with Crippen LogP contribution in [0.4, 0.5) is 34.1 Å². The Labute approximate surface area is 528 Å². The van der Waals surface area contributed by atoms with Gasteiger partial charge in [-0.1, -0.05) is 170 Å². The van der Waals surface area contributed by atoms with Gasteiger partial charge in [0.25, 0.3) is 13.4 Å². The summed E-state index contributed by atoms with van der Waals surface area (Å²) < 4.78 is 29.2. The predicted molar refractivity (Wildman–Crippen MR) is 363 cm³/mol. The number of rotatable bonds is 9. The second-order valence-electron chi connectivity index (χ2n) is 23.7. The Morgan fingerprint density at radius 1 is 0.207 bits per heavy atom. The number of hydrogen-bond acceptors (Lipinski definition) is 12. The molecule has 0 saturated heterocycles. The highest BCUT2D eigenvalue weighted by Crippen LogP contribution is 2.51. The highest BCUT2D eigenvalue weighted by molar-refractivity contribution is 7.01. The Morgan fingerprint density at radius 2 is 0.467 bits per heavy atom. The fourth-order valence-electron chi connectivity index (χ4n) is 14.4. The molecule has 0 radical (unpaired) electrons. The van der Waals surface area contributed by atoms with Gasteiger partial charge in [-0.3, -0.25) is 0 Å². The van der Waals surface area contributed by atoms with Crippen molar-refractivity contribution >= 4 is 80.3 Å². The van der Waals surface area contributed by atoms with Crippen LogP contribution in [0.2, 0.25) is 0 Å². The molecular formula is C78H44B2N8O4. The van der Waals surface area contributed by atoms with Gasteiger partial charge in [0.15, 0.2) is 34.9 Å². The van der Waals surface area contributed by atoms with Gasteiger partial charge in [-0.2, -0.15) is 0 Å². The summed E-state index contributed by atoms with van der Waals surface area (Å²) in [6.07, 6.45) is 0. The molecule has 14 heteroatoms. The number of nitrogens with zero attached hydrogens (tertiary/aromatic N) is 8. The summed E-state index contributed by atoms with van der Waals surface area (Å²) >= 11 is 0. The minimum absolute atomic E-state index is 0.236. The van der Waals surface area contributed by atoms with Crippen molar-refractivity contribution in [3.8, 4) is 125 Å². The molecule has 12 aromatic carbocycles. The quantitative estimate of drug-likeness (QED) is 0.128. The van der Waals surface area contributed by atoms with Crippen LogP contribution in [-0.2, 0) is 0 Å². The molecule has 0 spiro atoms. The average molecular weight is 1180 g/mol. The number of hydrogen-bond donors (Lipinski definition) is 0. The van der Waals surface area contributed by atoms with Gasteiger partial charge in [0.05, 0.1) is 0 Å². The Kier molecular flexibility index (Phi) is 10.7. The van der Waals surface area contributed by atoms with Gasteiger partial charge in [-0.05, 0) is 130 Å². The van der Waals surface area contributed by atoms with E-state index in [0.29, 0.717) is 69.4 Å². The molecule has 0 bridgehead atoms. The molecule has 0 N–H and O–H groups in total. The van der Waals surface area contributed by atoms with Crippen LogP contribution in [0.3, 0.4) is 0 Å². The van der Waals surface area contributed by atoms with E-state index >= 15 is 0 Å². The normalized spacial score (nSPS) is 13.3. The Balaban J connectivity index is 0.766. The van der Waals surface area contributed by atoms with Gasteiger partial charge in [0.1, 0.15) is 46.0 Å². The van der Waals surface area contributed by atoms with Gasteiger partial charge in [0, 0.05) is 78.4 Å². The third-order valence-electron chi connectivity index (χ3n) is 18.4. The summed E-state index contributed by atoms with van der Waals surface area (Å²) in [4.78, 5) is 35.7. The zero-order chi connectivity index (χ0) is 60.1. The fraction of sp³-hybridized carbons (Fsp3) is 0. The van der Waals surface area contributed by atoms with E-state index in [9.17, 15) is 0 Å². The molecule has 6 aliphatic heterocycles. The van der Waals surface area contributed by atoms with E-state index in [1.54, 1.807) is 0 Å². The molecule has 14 aromatic rings. The van der Waals surface area contributed by atoms with Crippen LogP contribution in [-0.4, -0.2) is 43.3 Å². The fourth-order valence-corrected chi connectivity index (χ4v) is 14.4. The van der Waals surface area contributed by atoms with Gasteiger partial charge >= 0.3 is 0 Å². The maximum absolute atomic E-state index is 7.41. The number of ether oxygens (including phenoxy) is 4. The lowest BCUT2D eigenvalue weighted by Gasteiger charge is -2.43. The number of benzene rings is 12. The molecule has 0 aliphatic carbocycles. The Hall–Kier alpha value is -12.4. The SMILES string of the molecule is c1ccc(-c2nc(-c3ccccc3)nc(-c3cc4c5c(c3)N(c3ccccc3)c3cccc6c3B5c3c(cc(-c5cc7c8c(c5)Oc5cc(-c9nc(-c%10ccccc%10)nc(-c%10ccccc%10)n9)cc9c5B8c5c(cccc5N9c5ccccc5)O7)cc3O4)O6)n2)cc1. The second-order valence-corrected chi connectivity index (χ2v) is 23.7. The standard InChI is InChI=1S/C78H44B2N8O4/c1-7-21-45(22-8-1)73-81-74(46-23-9-2-10-24-46)84-77(83-73)51-37-57-69-61(43-51)91-65-41-49(39-63-71(65)79(69)67-55(33-19-35-59(67)89-63)87(57)53-29-15-5-16-30-53)50-40-64-72-66(42-50)92-62-44-52(78-85-75(47-25-11-3-12-26-47)82-76(86-78)48-27-13-4-14-28-48)38-58-70(62)80(72)68-56(34-20-36-60(68)90-64)88(58)54-31-17-6-18-32-54/h1-44H. The van der Waals surface area contributed by atoms with Crippen molar-refractivity contribution in [3.05, 3.63) is 267 Å². The molecule has 8 heterocycles. The maximum Gasteiger partial charge on any atom is 0.266 e. The average Bonchev–Trinajstić information content (AvgIpc) is 0.705. The molecule has 0 saturated carbocycles. The summed E-state index contributed by atoms with van der Waals surface area (Å²) in [5.74, 6) is 9.02. The maximum atomic E-state index is 7.41. The van der Waals surface area contributed by atoms with Gasteiger partial charge in [-0.15, -0.1) is 0 Å². The topological polar surface area (TPSA) is 121 Å². The molecular weight excluding hydrogens is 1130 g/mol. The molecule has 2 aromatic heterocycles. The van der Waals surface area contributed by atoms with Crippen molar-refractivity contribution in [2.75, 3.05) is 9.80 Å². The molecule has 426 valence electrons. The lowest BCUT2D eigenvalue weighted by molar-refractivity contribution is 0.463. The van der Waals surface area contributed by atoms with Gasteiger partial charge in [0.2, 0.25) is 0 Å². The minimum Gasteiger partial charge on any atom is -0.458 e. The van der Waals surface area contributed by atoms with E-state index in [1.165, 1.54) is 0 Å². The first-order chi connectivity index (χ1) is 45.6. The summed E-state index contributed by atoms with van der Waals surface area (Å²) in [5, 5.41) is 0. The highest BCUT2D eigenvalue weighted by atomic mass is 16.5. The minimum atomic E-state index is -0.236. The summed E-state index contributed by atoms with van der Waals surface area (Å²) in [6.45, 7) is -0.471. The van der Waals surface area contributed by atoms with E-state index in [1.807, 2.05) is 133 Å². The van der Waals surface area contributed by atoms with Crippen molar-refractivity contribution < 1.29 is 18.9 Å². The third kappa shape index (κ3) is 7.67. The molecule has 12 nitrogen and oxygen atoms in total. The molecule has 0 amide bonds. The first kappa shape index (κ1) is 50.6. The van der Waals surface area contributed by atoms with E-state index in [2.05, 4.69) is 143 Å². The molecule has 0 fully saturated rings. The first-order valence-corrected chi connectivity index (χ1v) is 30.7. The molecule has 6 aliphatic rings. The van der Waals surface area contributed by atoms with Crippen LogP contribution >= 0.6 is 0 Å². The van der Waals surface area contributed by atoms with E-state index in [0.717, 1.165) is 123 Å². The summed E-state index contributed by atoms with van der Waals surface area (Å²) in [7, 11) is 0. The summed E-state index contributed by atoms with van der Waals surface area (Å²) in [5.41, 5.74) is 18.8. The Bertz CT molecular complexity index is 4990. The number of anilines is 6. The first-order valence-electron chi connectivity index (χ1n) is 30.7. The van der Waals surface area contributed by atoms with Crippen LogP contribution in [0.25, 0.3) is 79.5 Å². The van der Waals surface area contributed by atoms with Crippen molar-refractivity contribution in [2.45, 2.75) is 0 Å². The smallest absolute Gasteiger partial charge is 0.266 e. The van der Waals surface area contributed by atoms with Crippen LogP contribution in [0.1, 0.15) is 0 Å². The van der Waals surface area contributed by atoms with E-state index < -0.39 is 0 Å². The van der Waals surface area contributed by atoms with Crippen LogP contribution in [0.15, 0.2) is 267 Å². The number of aromatic nitrogens is 6. The lowest BCUT2D eigenvalue weighted by atomic mass is 9.33. The second kappa shape index (κ2) is 19.5. The van der Waals surface area contributed by atoms with Crippen molar-refractivity contribution in [1.82, 2.24) is 29.9 Å². The zero-order valence-electron chi connectivity index (χ0n) is 48.8. The predicted octanol–water partition coefficient (Wildman–Crippen LogP) is 14.7. The molecule has 20 rings (SSSR count). The van der Waals surface area contributed by atoms with Crippen molar-refractivity contribution in [1.29, 1.82) is 0 Å². The monoisotopic (exact) mass is 1180 g/mol. The summed E-state index contributed by atoms with van der Waals surface area (Å²) in [6, 6.07) is 91.1. The van der Waals surface area contributed by atoms with Gasteiger partial charge in [-0.25, -0.2) is 29.9 Å². The molecule has 92 heavy (non-hydrogen) atoms.